The first-order chi connectivity index (χ1) is 9.28. The lowest BCUT2D eigenvalue weighted by Gasteiger charge is -2.01. The Morgan fingerprint density at radius 3 is 3.11 bits per heavy atom. The monoisotopic (exact) mass is 324 g/mol. The molecule has 1 heterocycles. The number of hydrogen-bond acceptors (Lipinski definition) is 4. The summed E-state index contributed by atoms with van der Waals surface area (Å²) in [5.41, 5.74) is 2.13. The van der Waals surface area contributed by atoms with Crippen molar-refractivity contribution < 1.29 is 4.74 Å². The minimum absolute atomic E-state index is 0.701. The van der Waals surface area contributed by atoms with E-state index < -0.39 is 0 Å². The highest BCUT2D eigenvalue weighted by atomic mass is 79.9. The predicted molar refractivity (Wildman–Crippen MR) is 76.8 cm³/mol. The molecule has 0 amide bonds. The Morgan fingerprint density at radius 2 is 2.32 bits per heavy atom. The summed E-state index contributed by atoms with van der Waals surface area (Å²) in [6.45, 7) is 2.95. The molecule has 0 aliphatic carbocycles. The van der Waals surface area contributed by atoms with Gasteiger partial charge in [-0.05, 0) is 17.7 Å². The Bertz CT molecular complexity index is 515. The third kappa shape index (κ3) is 4.74. The van der Waals surface area contributed by atoms with Crippen LogP contribution in [0.15, 0.2) is 34.9 Å². The Hall–Kier alpha value is -1.24. The van der Waals surface area contributed by atoms with Crippen molar-refractivity contribution in [3.63, 3.8) is 0 Å². The number of hydrogen-bond donors (Lipinski definition) is 1. The number of nitrogens with one attached hydrogen (secondary N) is 1. The SMILES string of the molecule is COCCNCc1cn(Cc2cccc(Br)c2)nn1. The summed E-state index contributed by atoms with van der Waals surface area (Å²) in [6, 6.07) is 8.18. The van der Waals surface area contributed by atoms with Crippen LogP contribution in [0, 0.1) is 0 Å². The highest BCUT2D eigenvalue weighted by molar-refractivity contribution is 9.10. The van der Waals surface area contributed by atoms with Crippen LogP contribution in [-0.2, 0) is 17.8 Å². The summed E-state index contributed by atoms with van der Waals surface area (Å²) in [5, 5.41) is 11.5. The molecule has 0 aliphatic rings. The molecule has 0 atom stereocenters. The molecule has 1 aromatic heterocycles. The second-order valence-corrected chi connectivity index (χ2v) is 5.12. The maximum absolute atomic E-state index is 4.97. The minimum Gasteiger partial charge on any atom is -0.383 e. The molecule has 19 heavy (non-hydrogen) atoms. The lowest BCUT2D eigenvalue weighted by atomic mass is 10.2. The molecular formula is C13H17BrN4O. The van der Waals surface area contributed by atoms with Crippen molar-refractivity contribution in [2.45, 2.75) is 13.1 Å². The molecule has 0 aliphatic heterocycles. The summed E-state index contributed by atoms with van der Waals surface area (Å²) in [5.74, 6) is 0. The van der Waals surface area contributed by atoms with E-state index in [4.69, 9.17) is 4.74 Å². The van der Waals surface area contributed by atoms with E-state index >= 15 is 0 Å². The van der Waals surface area contributed by atoms with Gasteiger partial charge in [0, 0.05) is 24.7 Å². The summed E-state index contributed by atoms with van der Waals surface area (Å²) >= 11 is 3.46. The number of nitrogens with zero attached hydrogens (tertiary/aromatic N) is 3. The lowest BCUT2D eigenvalue weighted by molar-refractivity contribution is 0.199. The van der Waals surface area contributed by atoms with Gasteiger partial charge >= 0.3 is 0 Å². The molecule has 0 saturated heterocycles. The second-order valence-electron chi connectivity index (χ2n) is 4.21. The van der Waals surface area contributed by atoms with Gasteiger partial charge in [-0.1, -0.05) is 33.3 Å². The molecule has 5 nitrogen and oxygen atoms in total. The van der Waals surface area contributed by atoms with Gasteiger partial charge in [0.15, 0.2) is 0 Å². The van der Waals surface area contributed by atoms with Gasteiger partial charge in [0.25, 0.3) is 0 Å². The number of rotatable bonds is 7. The molecule has 2 aromatic rings. The van der Waals surface area contributed by atoms with Crippen LogP contribution >= 0.6 is 15.9 Å². The first-order valence-corrected chi connectivity index (χ1v) is 6.90. The van der Waals surface area contributed by atoms with Crippen molar-refractivity contribution in [2.24, 2.45) is 0 Å². The third-order valence-corrected chi connectivity index (χ3v) is 3.10. The number of ether oxygens (including phenoxy) is 1. The Morgan fingerprint density at radius 1 is 1.42 bits per heavy atom. The fourth-order valence-corrected chi connectivity index (χ4v) is 2.16. The highest BCUT2D eigenvalue weighted by Gasteiger charge is 2.01. The molecular weight excluding hydrogens is 308 g/mol. The number of methoxy groups -OCH3 is 1. The standard InChI is InChI=1S/C13H17BrN4O/c1-19-6-5-15-8-13-10-18(17-16-13)9-11-3-2-4-12(14)7-11/h2-4,7,10,15H,5-6,8-9H2,1H3. The maximum Gasteiger partial charge on any atom is 0.0964 e. The number of benzene rings is 1. The second kappa shape index (κ2) is 7.37. The van der Waals surface area contributed by atoms with Gasteiger partial charge < -0.3 is 10.1 Å². The van der Waals surface area contributed by atoms with E-state index in [-0.39, 0.29) is 0 Å². The Kier molecular flexibility index (Phi) is 5.50. The van der Waals surface area contributed by atoms with Crippen LogP contribution in [0.3, 0.4) is 0 Å². The summed E-state index contributed by atoms with van der Waals surface area (Å²) in [6.07, 6.45) is 1.96. The van der Waals surface area contributed by atoms with Crippen LogP contribution in [0.4, 0.5) is 0 Å². The zero-order chi connectivity index (χ0) is 13.5. The molecule has 0 spiro atoms. The van der Waals surface area contributed by atoms with E-state index in [9.17, 15) is 0 Å². The van der Waals surface area contributed by atoms with Crippen molar-refractivity contribution in [1.29, 1.82) is 0 Å². The first-order valence-electron chi connectivity index (χ1n) is 6.11. The Labute approximate surface area is 121 Å². The largest absolute Gasteiger partial charge is 0.383 e. The van der Waals surface area contributed by atoms with E-state index in [2.05, 4.69) is 43.7 Å². The van der Waals surface area contributed by atoms with Gasteiger partial charge in [0.2, 0.25) is 0 Å². The molecule has 2 rings (SSSR count). The van der Waals surface area contributed by atoms with Crippen molar-refractivity contribution in [3.8, 4) is 0 Å². The van der Waals surface area contributed by atoms with E-state index in [0.717, 1.165) is 23.3 Å². The molecule has 6 heteroatoms. The van der Waals surface area contributed by atoms with E-state index in [1.54, 1.807) is 7.11 Å². The summed E-state index contributed by atoms with van der Waals surface area (Å²) in [4.78, 5) is 0. The van der Waals surface area contributed by atoms with Crippen LogP contribution in [0.5, 0.6) is 0 Å². The fourth-order valence-electron chi connectivity index (χ4n) is 1.71. The van der Waals surface area contributed by atoms with E-state index in [0.29, 0.717) is 13.2 Å². The minimum atomic E-state index is 0.701. The van der Waals surface area contributed by atoms with Gasteiger partial charge in [-0.15, -0.1) is 5.10 Å². The third-order valence-electron chi connectivity index (χ3n) is 2.61. The smallest absolute Gasteiger partial charge is 0.0964 e. The molecule has 0 unspecified atom stereocenters. The van der Waals surface area contributed by atoms with Crippen LogP contribution in [0.2, 0.25) is 0 Å². The van der Waals surface area contributed by atoms with Gasteiger partial charge in [-0.25, -0.2) is 4.68 Å². The van der Waals surface area contributed by atoms with Gasteiger partial charge in [-0.3, -0.25) is 0 Å². The van der Waals surface area contributed by atoms with Crippen LogP contribution in [0.1, 0.15) is 11.3 Å². The zero-order valence-electron chi connectivity index (χ0n) is 10.8. The maximum atomic E-state index is 4.97. The first kappa shape index (κ1) is 14.2. The molecule has 0 bridgehead atoms. The number of halogens is 1. The fraction of sp³-hybridized carbons (Fsp3) is 0.385. The van der Waals surface area contributed by atoms with Crippen LogP contribution in [0.25, 0.3) is 0 Å². The van der Waals surface area contributed by atoms with E-state index in [1.165, 1.54) is 5.56 Å². The zero-order valence-corrected chi connectivity index (χ0v) is 12.4. The molecule has 0 saturated carbocycles. The normalized spacial score (nSPS) is 10.8. The van der Waals surface area contributed by atoms with Crippen molar-refractivity contribution >= 4 is 15.9 Å². The molecule has 102 valence electrons. The summed E-state index contributed by atoms with van der Waals surface area (Å²) < 4.78 is 7.88. The lowest BCUT2D eigenvalue weighted by Crippen LogP contribution is -2.18. The molecule has 1 aromatic carbocycles. The van der Waals surface area contributed by atoms with Crippen LogP contribution < -0.4 is 5.32 Å². The topological polar surface area (TPSA) is 52.0 Å². The van der Waals surface area contributed by atoms with Crippen LogP contribution in [-0.4, -0.2) is 35.3 Å². The average Bonchev–Trinajstić information content (AvgIpc) is 2.82. The molecule has 0 fully saturated rings. The van der Waals surface area contributed by atoms with Gasteiger partial charge in [0.05, 0.1) is 25.0 Å². The number of aromatic nitrogens is 3. The predicted octanol–water partition coefficient (Wildman–Crippen LogP) is 1.82. The highest BCUT2D eigenvalue weighted by Crippen LogP contribution is 2.12. The van der Waals surface area contributed by atoms with Crippen molar-refractivity contribution in [1.82, 2.24) is 20.3 Å². The van der Waals surface area contributed by atoms with Gasteiger partial charge in [-0.2, -0.15) is 0 Å². The molecule has 1 N–H and O–H groups in total. The average molecular weight is 325 g/mol. The Balaban J connectivity index is 1.87. The summed E-state index contributed by atoms with van der Waals surface area (Å²) in [7, 11) is 1.69. The van der Waals surface area contributed by atoms with Crippen molar-refractivity contribution in [2.75, 3.05) is 20.3 Å². The quantitative estimate of drug-likeness (QED) is 0.789. The van der Waals surface area contributed by atoms with Crippen molar-refractivity contribution in [3.05, 3.63) is 46.2 Å². The van der Waals surface area contributed by atoms with E-state index in [1.807, 2.05) is 23.0 Å². The molecule has 0 radical (unpaired) electrons. The van der Waals surface area contributed by atoms with Gasteiger partial charge in [0.1, 0.15) is 0 Å².